The van der Waals surface area contributed by atoms with E-state index >= 15 is 0 Å². The van der Waals surface area contributed by atoms with Crippen LogP contribution in [0.5, 0.6) is 0 Å². The highest BCUT2D eigenvalue weighted by atomic mass is 16.5. The normalized spacial score (nSPS) is 13.4. The summed E-state index contributed by atoms with van der Waals surface area (Å²) in [6.07, 6.45) is 8.89. The molecule has 0 aliphatic carbocycles. The molecule has 0 aromatic heterocycles. The molecule has 3 nitrogen and oxygen atoms in total. The summed E-state index contributed by atoms with van der Waals surface area (Å²) in [5, 5.41) is 0. The van der Waals surface area contributed by atoms with Crippen molar-refractivity contribution in [1.29, 1.82) is 0 Å². The van der Waals surface area contributed by atoms with E-state index in [1.165, 1.54) is 6.42 Å². The Hall–Kier alpha value is -1.64. The second kappa shape index (κ2) is 9.32. The lowest BCUT2D eigenvalue weighted by molar-refractivity contribution is -0.139. The first kappa shape index (κ1) is 17.4. The number of benzene rings is 1. The summed E-state index contributed by atoms with van der Waals surface area (Å²) in [5.74, 6) is -0.0612. The van der Waals surface area contributed by atoms with Crippen LogP contribution in [-0.4, -0.2) is 17.9 Å². The molecule has 1 aromatic carbocycles. The molecule has 113 valence electrons. The molecule has 3 heteroatoms. The van der Waals surface area contributed by atoms with Crippen LogP contribution in [0.15, 0.2) is 30.3 Å². The predicted octanol–water partition coefficient (Wildman–Crippen LogP) is 3.99. The van der Waals surface area contributed by atoms with Crippen molar-refractivity contribution in [2.45, 2.75) is 45.1 Å². The Bertz CT molecular complexity index is 427. The number of hydrogen-bond acceptors (Lipinski definition) is 3. The predicted molar refractivity (Wildman–Crippen MR) is 83.4 cm³/mol. The van der Waals surface area contributed by atoms with E-state index in [4.69, 9.17) is 4.74 Å². The zero-order valence-electron chi connectivity index (χ0n) is 12.7. The molecular weight excluding hydrogens is 264 g/mol. The van der Waals surface area contributed by atoms with E-state index in [0.717, 1.165) is 25.7 Å². The number of unbranched alkanes of at least 4 members (excludes halogenated alkanes) is 2. The van der Waals surface area contributed by atoms with Gasteiger partial charge in [0.15, 0.2) is 5.78 Å². The number of ether oxygens (including phenoxy) is 1. The second-order valence-corrected chi connectivity index (χ2v) is 5.24. The van der Waals surface area contributed by atoms with Gasteiger partial charge in [0.2, 0.25) is 0 Å². The molecule has 3 radical (unpaired) electrons. The van der Waals surface area contributed by atoms with Gasteiger partial charge in [-0.25, -0.2) is 0 Å². The summed E-state index contributed by atoms with van der Waals surface area (Å²) in [6, 6.07) is 9.07. The SMILES string of the molecule is CCCCCC(C)([CH][CH][CH]C(=O)c1ccccc1)OC=O. The van der Waals surface area contributed by atoms with Crippen LogP contribution in [0.1, 0.15) is 49.9 Å². The molecule has 0 saturated heterocycles. The average molecular weight is 287 g/mol. The van der Waals surface area contributed by atoms with Crippen LogP contribution in [0.4, 0.5) is 0 Å². The molecule has 0 bridgehead atoms. The van der Waals surface area contributed by atoms with Crippen LogP contribution in [0, 0.1) is 19.3 Å². The van der Waals surface area contributed by atoms with Crippen LogP contribution in [0.2, 0.25) is 0 Å². The zero-order valence-corrected chi connectivity index (χ0v) is 12.7. The first-order valence-corrected chi connectivity index (χ1v) is 7.35. The lowest BCUT2D eigenvalue weighted by Gasteiger charge is -2.27. The quantitative estimate of drug-likeness (QED) is 0.351. The Morgan fingerprint density at radius 3 is 2.57 bits per heavy atom. The van der Waals surface area contributed by atoms with Crippen LogP contribution >= 0.6 is 0 Å². The fourth-order valence-corrected chi connectivity index (χ4v) is 2.06. The van der Waals surface area contributed by atoms with Crippen molar-refractivity contribution in [3.8, 4) is 0 Å². The Morgan fingerprint density at radius 1 is 1.24 bits per heavy atom. The fourth-order valence-electron chi connectivity index (χ4n) is 2.06. The van der Waals surface area contributed by atoms with Gasteiger partial charge in [0, 0.05) is 18.4 Å². The molecule has 0 amide bonds. The van der Waals surface area contributed by atoms with Crippen molar-refractivity contribution in [1.82, 2.24) is 0 Å². The van der Waals surface area contributed by atoms with Crippen LogP contribution in [0.25, 0.3) is 0 Å². The van der Waals surface area contributed by atoms with Gasteiger partial charge in [-0.1, -0.05) is 50.1 Å². The number of carbonyl (C=O) groups is 2. The number of rotatable bonds is 11. The van der Waals surface area contributed by atoms with Gasteiger partial charge in [0.1, 0.15) is 5.60 Å². The zero-order chi connectivity index (χ0) is 15.6. The van der Waals surface area contributed by atoms with Crippen LogP contribution in [0.3, 0.4) is 0 Å². The standard InChI is InChI=1S/C18H23O3/c1-3-4-8-13-18(2,21-15-19)14-9-12-17(20)16-10-6-5-7-11-16/h5-7,9-12,14-15H,3-4,8,13H2,1-2H3. The van der Waals surface area contributed by atoms with Crippen molar-refractivity contribution in [2.24, 2.45) is 0 Å². The Morgan fingerprint density at radius 2 is 1.95 bits per heavy atom. The summed E-state index contributed by atoms with van der Waals surface area (Å²) in [7, 11) is 0. The molecule has 21 heavy (non-hydrogen) atoms. The van der Waals surface area contributed by atoms with E-state index in [9.17, 15) is 9.59 Å². The topological polar surface area (TPSA) is 43.4 Å². The minimum atomic E-state index is -0.648. The minimum absolute atomic E-state index is 0.0612. The maximum absolute atomic E-state index is 11.9. The fraction of sp³-hybridized carbons (Fsp3) is 0.389. The molecule has 1 rings (SSSR count). The summed E-state index contributed by atoms with van der Waals surface area (Å²) in [6.45, 7) is 4.45. The maximum atomic E-state index is 11.9. The van der Waals surface area contributed by atoms with Gasteiger partial charge < -0.3 is 4.74 Å². The third-order valence-corrected chi connectivity index (χ3v) is 3.35. The molecule has 0 saturated carbocycles. The lowest BCUT2D eigenvalue weighted by atomic mass is 9.91. The van der Waals surface area contributed by atoms with Crippen molar-refractivity contribution >= 4 is 12.3 Å². The van der Waals surface area contributed by atoms with Gasteiger partial charge in [0.25, 0.3) is 6.47 Å². The van der Waals surface area contributed by atoms with Gasteiger partial charge in [-0.05, 0) is 26.2 Å². The van der Waals surface area contributed by atoms with Crippen molar-refractivity contribution in [3.05, 3.63) is 55.2 Å². The molecule has 0 aliphatic rings. The summed E-state index contributed by atoms with van der Waals surface area (Å²) < 4.78 is 5.16. The number of hydrogen-bond donors (Lipinski definition) is 0. The highest BCUT2D eigenvalue weighted by Crippen LogP contribution is 2.24. The molecule has 0 N–H and O–H groups in total. The largest absolute Gasteiger partial charge is 0.461 e. The van der Waals surface area contributed by atoms with Gasteiger partial charge in [0.05, 0.1) is 0 Å². The molecule has 0 heterocycles. The Balaban J connectivity index is 2.42. The number of ketones is 1. The van der Waals surface area contributed by atoms with Crippen molar-refractivity contribution < 1.29 is 14.3 Å². The van der Waals surface area contributed by atoms with E-state index < -0.39 is 5.60 Å². The van der Waals surface area contributed by atoms with E-state index in [1.807, 2.05) is 25.1 Å². The van der Waals surface area contributed by atoms with Gasteiger partial charge in [-0.2, -0.15) is 0 Å². The van der Waals surface area contributed by atoms with E-state index in [1.54, 1.807) is 25.0 Å². The average Bonchev–Trinajstić information content (AvgIpc) is 2.48. The smallest absolute Gasteiger partial charge is 0.293 e. The lowest BCUT2D eigenvalue weighted by Crippen LogP contribution is -2.29. The van der Waals surface area contributed by atoms with Gasteiger partial charge >= 0.3 is 0 Å². The van der Waals surface area contributed by atoms with Gasteiger partial charge in [-0.15, -0.1) is 0 Å². The molecule has 0 aliphatic heterocycles. The summed E-state index contributed by atoms with van der Waals surface area (Å²) >= 11 is 0. The molecule has 0 spiro atoms. The van der Waals surface area contributed by atoms with Crippen LogP contribution < -0.4 is 0 Å². The Kier molecular flexibility index (Phi) is 7.73. The monoisotopic (exact) mass is 287 g/mol. The van der Waals surface area contributed by atoms with E-state index in [2.05, 4.69) is 6.92 Å². The number of carbonyl (C=O) groups excluding carboxylic acids is 2. The maximum Gasteiger partial charge on any atom is 0.293 e. The first-order chi connectivity index (χ1) is 10.1. The first-order valence-electron chi connectivity index (χ1n) is 7.35. The second-order valence-electron chi connectivity index (χ2n) is 5.24. The molecule has 0 fully saturated rings. The molecule has 1 aromatic rings. The summed E-state index contributed by atoms with van der Waals surface area (Å²) in [4.78, 5) is 22.6. The van der Waals surface area contributed by atoms with Crippen LogP contribution in [-0.2, 0) is 9.53 Å². The highest BCUT2D eigenvalue weighted by molar-refractivity contribution is 6.03. The third-order valence-electron chi connectivity index (χ3n) is 3.35. The van der Waals surface area contributed by atoms with E-state index in [0.29, 0.717) is 12.0 Å². The van der Waals surface area contributed by atoms with E-state index in [-0.39, 0.29) is 5.78 Å². The third kappa shape index (κ3) is 6.56. The minimum Gasteiger partial charge on any atom is -0.461 e. The molecule has 1 unspecified atom stereocenters. The molecular formula is C18H23O3. The van der Waals surface area contributed by atoms with Gasteiger partial charge in [-0.3, -0.25) is 9.59 Å². The van der Waals surface area contributed by atoms with Crippen molar-refractivity contribution in [2.75, 3.05) is 0 Å². The Labute approximate surface area is 127 Å². The number of Topliss-reactive ketones (excluding diaryl/α,β-unsaturated/α-hetero) is 1. The highest BCUT2D eigenvalue weighted by Gasteiger charge is 2.25. The van der Waals surface area contributed by atoms with Crippen molar-refractivity contribution in [3.63, 3.8) is 0 Å². The molecule has 1 atom stereocenters. The summed E-state index contributed by atoms with van der Waals surface area (Å²) in [5.41, 5.74) is -0.00385.